The van der Waals surface area contributed by atoms with E-state index in [1.54, 1.807) is 5.06 Å². The first kappa shape index (κ1) is 20.0. The van der Waals surface area contributed by atoms with Crippen LogP contribution in [-0.2, 0) is 14.4 Å². The van der Waals surface area contributed by atoms with Crippen molar-refractivity contribution in [3.63, 3.8) is 0 Å². The number of halogens is 1. The van der Waals surface area contributed by atoms with Gasteiger partial charge in [-0.15, -0.1) is 0 Å². The number of hydroxylamine groups is 1. The van der Waals surface area contributed by atoms with Gasteiger partial charge in [0.15, 0.2) is 6.10 Å². The first-order valence-electron chi connectivity index (χ1n) is 10.2. The first-order valence-corrected chi connectivity index (χ1v) is 11.0. The zero-order valence-electron chi connectivity index (χ0n) is 17.2. The van der Waals surface area contributed by atoms with Crippen molar-refractivity contribution in [2.45, 2.75) is 26.0 Å². The molecule has 2 saturated heterocycles. The maximum atomic E-state index is 13.6. The SMILES string of the molecule is Cc1ccc(N2C(=O)[C@@H]3[C@@H](c4ccc(Br)cc4)N(c4ccccc4)O[C@H]3C2=O)cc1C. The van der Waals surface area contributed by atoms with Crippen molar-refractivity contribution in [1.82, 2.24) is 0 Å². The summed E-state index contributed by atoms with van der Waals surface area (Å²) in [5.41, 5.74) is 4.47. The molecule has 0 saturated carbocycles. The highest BCUT2D eigenvalue weighted by atomic mass is 79.9. The summed E-state index contributed by atoms with van der Waals surface area (Å²) in [4.78, 5) is 34.4. The Bertz CT molecular complexity index is 1160. The van der Waals surface area contributed by atoms with Crippen LogP contribution in [0.5, 0.6) is 0 Å². The van der Waals surface area contributed by atoms with Crippen LogP contribution in [0.15, 0.2) is 77.3 Å². The molecule has 0 N–H and O–H groups in total. The number of benzene rings is 3. The Morgan fingerprint density at radius 3 is 2.19 bits per heavy atom. The van der Waals surface area contributed by atoms with Gasteiger partial charge in [0.25, 0.3) is 5.91 Å². The summed E-state index contributed by atoms with van der Waals surface area (Å²) in [6.45, 7) is 3.98. The van der Waals surface area contributed by atoms with E-state index in [0.29, 0.717) is 5.69 Å². The summed E-state index contributed by atoms with van der Waals surface area (Å²) in [6, 6.07) is 22.6. The highest BCUT2D eigenvalue weighted by Gasteiger charge is 2.60. The van der Waals surface area contributed by atoms with Crippen molar-refractivity contribution in [2.75, 3.05) is 9.96 Å². The van der Waals surface area contributed by atoms with E-state index in [9.17, 15) is 9.59 Å². The van der Waals surface area contributed by atoms with Crippen LogP contribution in [0.4, 0.5) is 11.4 Å². The predicted octanol–water partition coefficient (Wildman–Crippen LogP) is 5.12. The second-order valence-corrected chi connectivity index (χ2v) is 8.91. The number of nitrogens with zero attached hydrogens (tertiary/aromatic N) is 2. The van der Waals surface area contributed by atoms with Crippen LogP contribution in [0.25, 0.3) is 0 Å². The van der Waals surface area contributed by atoms with Crippen molar-refractivity contribution in [3.8, 4) is 0 Å². The second-order valence-electron chi connectivity index (χ2n) is 7.99. The van der Waals surface area contributed by atoms with Crippen molar-refractivity contribution in [3.05, 3.63) is 94.0 Å². The van der Waals surface area contributed by atoms with E-state index in [1.807, 2.05) is 86.6 Å². The standard InChI is InChI=1S/C25H21BrN2O3/c1-15-8-13-20(14-16(15)2)27-24(29)21-22(17-9-11-18(26)12-10-17)28(31-23(21)25(27)30)19-6-4-3-5-7-19/h3-14,21-23H,1-2H3/t21-,22-,23-/m1/s1. The maximum Gasteiger partial charge on any atom is 0.266 e. The molecule has 5 nitrogen and oxygen atoms in total. The Hall–Kier alpha value is -2.96. The van der Waals surface area contributed by atoms with Gasteiger partial charge in [-0.2, -0.15) is 0 Å². The third kappa shape index (κ3) is 3.27. The Balaban J connectivity index is 1.58. The third-order valence-electron chi connectivity index (χ3n) is 6.09. The van der Waals surface area contributed by atoms with Gasteiger partial charge in [-0.1, -0.05) is 52.3 Å². The Labute approximate surface area is 189 Å². The topological polar surface area (TPSA) is 49.9 Å². The number of imide groups is 1. The van der Waals surface area contributed by atoms with Crippen molar-refractivity contribution in [1.29, 1.82) is 0 Å². The minimum atomic E-state index is -0.858. The summed E-state index contributed by atoms with van der Waals surface area (Å²) < 4.78 is 0.948. The number of fused-ring (bicyclic) bond motifs is 1. The van der Waals surface area contributed by atoms with Gasteiger partial charge >= 0.3 is 0 Å². The van der Waals surface area contributed by atoms with Crippen LogP contribution in [0, 0.1) is 19.8 Å². The summed E-state index contributed by atoms with van der Waals surface area (Å²) in [6.07, 6.45) is -0.858. The molecule has 0 bridgehead atoms. The number of hydrogen-bond donors (Lipinski definition) is 0. The molecule has 0 aliphatic carbocycles. The highest BCUT2D eigenvalue weighted by molar-refractivity contribution is 9.10. The molecule has 2 heterocycles. The number of rotatable bonds is 3. The number of carbonyl (C=O) groups is 2. The van der Waals surface area contributed by atoms with Crippen LogP contribution < -0.4 is 9.96 Å². The second kappa shape index (κ2) is 7.62. The van der Waals surface area contributed by atoms with Gasteiger partial charge in [0.05, 0.1) is 17.4 Å². The van der Waals surface area contributed by atoms with Crippen molar-refractivity contribution in [2.24, 2.45) is 5.92 Å². The summed E-state index contributed by atoms with van der Waals surface area (Å²) in [5, 5.41) is 1.71. The molecule has 2 fully saturated rings. The average molecular weight is 477 g/mol. The Kier molecular flexibility index (Phi) is 4.91. The summed E-state index contributed by atoms with van der Waals surface area (Å²) in [7, 11) is 0. The molecule has 0 radical (unpaired) electrons. The quantitative estimate of drug-likeness (QED) is 0.492. The third-order valence-corrected chi connectivity index (χ3v) is 6.61. The van der Waals surface area contributed by atoms with Gasteiger partial charge < -0.3 is 0 Å². The van der Waals surface area contributed by atoms with Gasteiger partial charge in [-0.05, 0) is 66.9 Å². The molecule has 3 atom stereocenters. The number of para-hydroxylation sites is 1. The number of carbonyl (C=O) groups excluding carboxylic acids is 2. The Morgan fingerprint density at radius 2 is 1.52 bits per heavy atom. The summed E-state index contributed by atoms with van der Waals surface area (Å²) >= 11 is 3.47. The average Bonchev–Trinajstić information content (AvgIpc) is 3.28. The fraction of sp³-hybridized carbons (Fsp3) is 0.200. The normalized spacial score (nSPS) is 22.9. The van der Waals surface area contributed by atoms with Crippen LogP contribution >= 0.6 is 15.9 Å². The van der Waals surface area contributed by atoms with E-state index in [-0.39, 0.29) is 11.8 Å². The first-order chi connectivity index (χ1) is 15.0. The monoisotopic (exact) mass is 476 g/mol. The lowest BCUT2D eigenvalue weighted by Gasteiger charge is -2.29. The molecular formula is C25H21BrN2O3. The van der Waals surface area contributed by atoms with Crippen molar-refractivity contribution >= 4 is 39.1 Å². The zero-order valence-corrected chi connectivity index (χ0v) is 18.7. The van der Waals surface area contributed by atoms with Gasteiger partial charge in [0.2, 0.25) is 5.91 Å². The van der Waals surface area contributed by atoms with Gasteiger partial charge in [-0.3, -0.25) is 14.4 Å². The molecule has 156 valence electrons. The summed E-state index contributed by atoms with van der Waals surface area (Å²) in [5.74, 6) is -1.18. The fourth-order valence-corrected chi connectivity index (χ4v) is 4.60. The molecule has 5 rings (SSSR count). The van der Waals surface area contributed by atoms with Crippen LogP contribution in [-0.4, -0.2) is 17.9 Å². The van der Waals surface area contributed by atoms with E-state index in [1.165, 1.54) is 4.90 Å². The lowest BCUT2D eigenvalue weighted by molar-refractivity contribution is -0.126. The van der Waals surface area contributed by atoms with E-state index >= 15 is 0 Å². The lowest BCUT2D eigenvalue weighted by atomic mass is 9.90. The maximum absolute atomic E-state index is 13.6. The molecule has 3 aromatic carbocycles. The van der Waals surface area contributed by atoms with E-state index < -0.39 is 18.1 Å². The number of aryl methyl sites for hydroxylation is 2. The van der Waals surface area contributed by atoms with E-state index in [2.05, 4.69) is 15.9 Å². The largest absolute Gasteiger partial charge is 0.273 e. The zero-order chi connectivity index (χ0) is 21.7. The Morgan fingerprint density at radius 1 is 0.806 bits per heavy atom. The van der Waals surface area contributed by atoms with Crippen LogP contribution in [0.2, 0.25) is 0 Å². The number of amides is 2. The minimum Gasteiger partial charge on any atom is -0.273 e. The molecule has 2 aliphatic heterocycles. The highest BCUT2D eigenvalue weighted by Crippen LogP contribution is 2.47. The molecule has 3 aromatic rings. The molecule has 0 aromatic heterocycles. The van der Waals surface area contributed by atoms with Gasteiger partial charge in [0, 0.05) is 4.47 Å². The van der Waals surface area contributed by atoms with Gasteiger partial charge in [0.1, 0.15) is 5.92 Å². The molecule has 0 unspecified atom stereocenters. The lowest BCUT2D eigenvalue weighted by Crippen LogP contribution is -2.37. The van der Waals surface area contributed by atoms with Crippen molar-refractivity contribution < 1.29 is 14.4 Å². The molecule has 2 amide bonds. The van der Waals surface area contributed by atoms with Gasteiger partial charge in [-0.25, -0.2) is 9.96 Å². The predicted molar refractivity (Wildman–Crippen MR) is 123 cm³/mol. The molecule has 2 aliphatic rings. The fourth-order valence-electron chi connectivity index (χ4n) is 4.33. The molecule has 6 heteroatoms. The smallest absolute Gasteiger partial charge is 0.266 e. The van der Waals surface area contributed by atoms with E-state index in [0.717, 1.165) is 26.9 Å². The van der Waals surface area contributed by atoms with E-state index in [4.69, 9.17) is 4.84 Å². The number of hydrogen-bond acceptors (Lipinski definition) is 4. The molecule has 0 spiro atoms. The number of anilines is 2. The van der Waals surface area contributed by atoms with Crippen LogP contribution in [0.3, 0.4) is 0 Å². The van der Waals surface area contributed by atoms with Crippen LogP contribution in [0.1, 0.15) is 22.7 Å². The molecular weight excluding hydrogens is 456 g/mol. The molecule has 31 heavy (non-hydrogen) atoms. The minimum absolute atomic E-state index is 0.232.